The molecular weight excluding hydrogens is 184 g/mol. The van der Waals surface area contributed by atoms with Gasteiger partial charge in [0.1, 0.15) is 5.78 Å². The number of hydrogen-bond acceptors (Lipinski definition) is 2. The van der Waals surface area contributed by atoms with Gasteiger partial charge in [-0.3, -0.25) is 9.00 Å². The van der Waals surface area contributed by atoms with E-state index in [0.717, 1.165) is 6.42 Å². The maximum absolute atomic E-state index is 11.5. The van der Waals surface area contributed by atoms with Gasteiger partial charge >= 0.3 is 0 Å². The van der Waals surface area contributed by atoms with Crippen LogP contribution >= 0.6 is 0 Å². The molecular formula is C10H20O2S. The molecule has 0 aromatic rings. The molecule has 0 fully saturated rings. The second kappa shape index (κ2) is 6.30. The fourth-order valence-corrected chi connectivity index (χ4v) is 2.48. The third-order valence-corrected chi connectivity index (χ3v) is 3.78. The van der Waals surface area contributed by atoms with E-state index in [9.17, 15) is 9.00 Å². The number of carbonyl (C=O) groups excluding carboxylic acids is 1. The van der Waals surface area contributed by atoms with Gasteiger partial charge in [-0.1, -0.05) is 20.8 Å². The van der Waals surface area contributed by atoms with Crippen LogP contribution < -0.4 is 0 Å². The van der Waals surface area contributed by atoms with E-state index < -0.39 is 10.8 Å². The van der Waals surface area contributed by atoms with E-state index in [0.29, 0.717) is 18.1 Å². The van der Waals surface area contributed by atoms with Gasteiger partial charge in [0.25, 0.3) is 0 Å². The van der Waals surface area contributed by atoms with Crippen LogP contribution in [-0.2, 0) is 15.6 Å². The monoisotopic (exact) mass is 204 g/mol. The van der Waals surface area contributed by atoms with Gasteiger partial charge in [-0.05, 0) is 19.3 Å². The number of ketones is 1. The summed E-state index contributed by atoms with van der Waals surface area (Å²) in [6.07, 6.45) is 1.43. The molecule has 0 saturated carbocycles. The molecule has 0 aliphatic heterocycles. The Morgan fingerprint density at radius 2 is 1.85 bits per heavy atom. The van der Waals surface area contributed by atoms with Crippen LogP contribution in [0.3, 0.4) is 0 Å². The molecule has 2 atom stereocenters. The first kappa shape index (κ1) is 12.8. The third kappa shape index (κ3) is 5.19. The molecule has 0 amide bonds. The van der Waals surface area contributed by atoms with Gasteiger partial charge in [-0.25, -0.2) is 0 Å². The van der Waals surface area contributed by atoms with E-state index in [1.807, 2.05) is 6.92 Å². The van der Waals surface area contributed by atoms with Gasteiger partial charge in [0.15, 0.2) is 0 Å². The van der Waals surface area contributed by atoms with Crippen LogP contribution in [-0.4, -0.2) is 21.0 Å². The molecule has 0 aliphatic carbocycles. The summed E-state index contributed by atoms with van der Waals surface area (Å²) in [4.78, 5) is 11.2. The van der Waals surface area contributed by atoms with E-state index in [1.54, 1.807) is 6.92 Å². The molecule has 2 nitrogen and oxygen atoms in total. The highest BCUT2D eigenvalue weighted by Gasteiger charge is 2.17. The van der Waals surface area contributed by atoms with Crippen LogP contribution in [0.1, 0.15) is 40.5 Å². The lowest BCUT2D eigenvalue weighted by molar-refractivity contribution is -0.118. The van der Waals surface area contributed by atoms with Crippen molar-refractivity contribution in [2.24, 2.45) is 5.92 Å². The molecule has 13 heavy (non-hydrogen) atoms. The molecule has 0 bridgehead atoms. The molecule has 0 radical (unpaired) electrons. The first-order valence-electron chi connectivity index (χ1n) is 4.88. The lowest BCUT2D eigenvalue weighted by Gasteiger charge is -2.10. The Morgan fingerprint density at radius 1 is 1.31 bits per heavy atom. The highest BCUT2D eigenvalue weighted by molar-refractivity contribution is 7.86. The molecule has 0 aliphatic rings. The minimum absolute atomic E-state index is 0.113. The number of carbonyl (C=O) groups is 1. The van der Waals surface area contributed by atoms with Crippen LogP contribution in [0, 0.1) is 5.92 Å². The standard InChI is InChI=1S/C10H20O2S/c1-5-10(11)9(4)13(12)7-6-8(2)3/h8-9H,5-7H2,1-4H3. The molecule has 2 unspecified atom stereocenters. The minimum Gasteiger partial charge on any atom is -0.298 e. The van der Waals surface area contributed by atoms with E-state index in [2.05, 4.69) is 13.8 Å². The normalized spacial score (nSPS) is 15.8. The molecule has 0 aromatic heterocycles. The Balaban J connectivity index is 3.90. The van der Waals surface area contributed by atoms with Gasteiger partial charge in [0, 0.05) is 23.0 Å². The Labute approximate surface area is 83.6 Å². The van der Waals surface area contributed by atoms with Gasteiger partial charge in [-0.15, -0.1) is 0 Å². The van der Waals surface area contributed by atoms with Gasteiger partial charge in [-0.2, -0.15) is 0 Å². The van der Waals surface area contributed by atoms with Gasteiger partial charge < -0.3 is 0 Å². The van der Waals surface area contributed by atoms with E-state index >= 15 is 0 Å². The average Bonchev–Trinajstić information content (AvgIpc) is 2.11. The highest BCUT2D eigenvalue weighted by atomic mass is 32.2. The number of rotatable bonds is 6. The largest absolute Gasteiger partial charge is 0.298 e. The summed E-state index contributed by atoms with van der Waals surface area (Å²) in [5, 5.41) is -0.274. The summed E-state index contributed by atoms with van der Waals surface area (Å²) >= 11 is 0. The maximum Gasteiger partial charge on any atom is 0.147 e. The SMILES string of the molecule is CCC(=O)C(C)S(=O)CCC(C)C. The van der Waals surface area contributed by atoms with Crippen LogP contribution in [0.2, 0.25) is 0 Å². The van der Waals surface area contributed by atoms with E-state index in [1.165, 1.54) is 0 Å². The van der Waals surface area contributed by atoms with Crippen molar-refractivity contribution >= 4 is 16.6 Å². The van der Waals surface area contributed by atoms with E-state index in [-0.39, 0.29) is 11.0 Å². The van der Waals surface area contributed by atoms with Crippen molar-refractivity contribution in [1.82, 2.24) is 0 Å². The van der Waals surface area contributed by atoms with Crippen molar-refractivity contribution in [3.63, 3.8) is 0 Å². The first-order chi connectivity index (χ1) is 5.99. The Hall–Kier alpha value is -0.180. The minimum atomic E-state index is -0.965. The fraction of sp³-hybridized carbons (Fsp3) is 0.900. The zero-order valence-electron chi connectivity index (χ0n) is 9.00. The number of Topliss-reactive ketones (excluding diaryl/α,β-unsaturated/α-hetero) is 1. The maximum atomic E-state index is 11.5. The topological polar surface area (TPSA) is 34.1 Å². The summed E-state index contributed by atoms with van der Waals surface area (Å²) in [6.45, 7) is 7.79. The van der Waals surface area contributed by atoms with Crippen molar-refractivity contribution in [2.45, 2.75) is 45.8 Å². The fourth-order valence-electron chi connectivity index (χ4n) is 0.963. The zero-order valence-corrected chi connectivity index (χ0v) is 9.82. The van der Waals surface area contributed by atoms with Crippen LogP contribution in [0.4, 0.5) is 0 Å². The molecule has 0 aromatic carbocycles. The second-order valence-corrected chi connectivity index (χ2v) is 5.61. The summed E-state index contributed by atoms with van der Waals surface area (Å²) in [5.74, 6) is 1.33. The lowest BCUT2D eigenvalue weighted by Crippen LogP contribution is -2.24. The molecule has 0 heterocycles. The highest BCUT2D eigenvalue weighted by Crippen LogP contribution is 2.06. The Kier molecular flexibility index (Phi) is 6.21. The average molecular weight is 204 g/mol. The van der Waals surface area contributed by atoms with E-state index in [4.69, 9.17) is 0 Å². The molecule has 0 rings (SSSR count). The van der Waals surface area contributed by atoms with Crippen LogP contribution in [0.25, 0.3) is 0 Å². The lowest BCUT2D eigenvalue weighted by atomic mass is 10.2. The molecule has 78 valence electrons. The molecule has 3 heteroatoms. The molecule has 0 saturated heterocycles. The molecule has 0 N–H and O–H groups in total. The smallest absolute Gasteiger partial charge is 0.147 e. The predicted octanol–water partition coefficient (Wildman–Crippen LogP) is 2.15. The summed E-state index contributed by atoms with van der Waals surface area (Å²) in [7, 11) is -0.965. The Morgan fingerprint density at radius 3 is 2.23 bits per heavy atom. The van der Waals surface area contributed by atoms with Crippen molar-refractivity contribution in [3.05, 3.63) is 0 Å². The molecule has 0 spiro atoms. The predicted molar refractivity (Wildman–Crippen MR) is 57.2 cm³/mol. The first-order valence-corrected chi connectivity index (χ1v) is 6.27. The van der Waals surface area contributed by atoms with Crippen molar-refractivity contribution < 1.29 is 9.00 Å². The number of hydrogen-bond donors (Lipinski definition) is 0. The van der Waals surface area contributed by atoms with Crippen LogP contribution in [0.5, 0.6) is 0 Å². The summed E-state index contributed by atoms with van der Waals surface area (Å²) in [5.41, 5.74) is 0. The summed E-state index contributed by atoms with van der Waals surface area (Å²) in [6, 6.07) is 0. The third-order valence-electron chi connectivity index (χ3n) is 2.09. The van der Waals surface area contributed by atoms with Crippen molar-refractivity contribution in [1.29, 1.82) is 0 Å². The van der Waals surface area contributed by atoms with Gasteiger partial charge in [0.05, 0.1) is 5.25 Å². The van der Waals surface area contributed by atoms with Crippen molar-refractivity contribution in [2.75, 3.05) is 5.75 Å². The Bertz CT molecular complexity index is 187. The van der Waals surface area contributed by atoms with Crippen LogP contribution in [0.15, 0.2) is 0 Å². The zero-order chi connectivity index (χ0) is 10.4. The quantitative estimate of drug-likeness (QED) is 0.664. The van der Waals surface area contributed by atoms with Crippen molar-refractivity contribution in [3.8, 4) is 0 Å². The van der Waals surface area contributed by atoms with Gasteiger partial charge in [0.2, 0.25) is 0 Å². The second-order valence-electron chi connectivity index (χ2n) is 3.73. The summed E-state index contributed by atoms with van der Waals surface area (Å²) < 4.78 is 11.5.